The van der Waals surface area contributed by atoms with Gasteiger partial charge < -0.3 is 10.5 Å². The van der Waals surface area contributed by atoms with E-state index >= 15 is 0 Å². The fourth-order valence-corrected chi connectivity index (χ4v) is 3.70. The van der Waals surface area contributed by atoms with Crippen LogP contribution in [0.5, 0.6) is 5.75 Å². The summed E-state index contributed by atoms with van der Waals surface area (Å²) in [5.74, 6) is 1.48. The summed E-state index contributed by atoms with van der Waals surface area (Å²) in [6, 6.07) is 6.65. The number of nitrogens with two attached hydrogens (primary N) is 1. The third-order valence-electron chi connectivity index (χ3n) is 4.18. The number of piperidine rings is 1. The topological polar surface area (TPSA) is 38.5 Å². The summed E-state index contributed by atoms with van der Waals surface area (Å²) in [4.78, 5) is 2.57. The average Bonchev–Trinajstić information content (AvgIpc) is 2.47. The minimum Gasteiger partial charge on any atom is -0.496 e. The largest absolute Gasteiger partial charge is 0.496 e. The van der Waals surface area contributed by atoms with Crippen LogP contribution in [0.15, 0.2) is 22.7 Å². The van der Waals surface area contributed by atoms with Gasteiger partial charge in [-0.15, -0.1) is 0 Å². The van der Waals surface area contributed by atoms with Crippen LogP contribution >= 0.6 is 15.9 Å². The lowest BCUT2D eigenvalue weighted by atomic mass is 9.84. The first-order chi connectivity index (χ1) is 9.71. The molecule has 0 aliphatic carbocycles. The maximum Gasteiger partial charge on any atom is 0.123 e. The van der Waals surface area contributed by atoms with Gasteiger partial charge in [0.25, 0.3) is 0 Å². The van der Waals surface area contributed by atoms with Gasteiger partial charge in [-0.2, -0.15) is 0 Å². The third kappa shape index (κ3) is 3.35. The van der Waals surface area contributed by atoms with E-state index in [4.69, 9.17) is 10.5 Å². The van der Waals surface area contributed by atoms with Crippen LogP contribution in [0.3, 0.4) is 0 Å². The van der Waals surface area contributed by atoms with Gasteiger partial charge in [0.1, 0.15) is 5.75 Å². The van der Waals surface area contributed by atoms with E-state index in [2.05, 4.69) is 33.8 Å². The number of benzene rings is 1. The van der Waals surface area contributed by atoms with Crippen molar-refractivity contribution in [3.05, 3.63) is 28.2 Å². The quantitative estimate of drug-likeness (QED) is 0.890. The lowest BCUT2D eigenvalue weighted by Crippen LogP contribution is -2.42. The first-order valence-corrected chi connectivity index (χ1v) is 8.28. The van der Waals surface area contributed by atoms with Crippen LogP contribution in [0.25, 0.3) is 0 Å². The molecule has 4 heteroatoms. The second-order valence-electron chi connectivity index (χ2n) is 5.51. The van der Waals surface area contributed by atoms with E-state index in [1.807, 2.05) is 12.1 Å². The molecule has 0 spiro atoms. The van der Waals surface area contributed by atoms with E-state index in [9.17, 15) is 0 Å². The predicted molar refractivity (Wildman–Crippen MR) is 87.1 cm³/mol. The zero-order valence-electron chi connectivity index (χ0n) is 12.4. The van der Waals surface area contributed by atoms with E-state index in [0.717, 1.165) is 29.9 Å². The molecule has 2 unspecified atom stereocenters. The molecule has 0 bridgehead atoms. The van der Waals surface area contributed by atoms with Crippen LogP contribution in [0.4, 0.5) is 0 Å². The molecule has 1 heterocycles. The highest BCUT2D eigenvalue weighted by atomic mass is 79.9. The van der Waals surface area contributed by atoms with Gasteiger partial charge in [-0.3, -0.25) is 4.90 Å². The number of methoxy groups -OCH3 is 1. The molecule has 1 aromatic carbocycles. The third-order valence-corrected chi connectivity index (χ3v) is 4.68. The van der Waals surface area contributed by atoms with Crippen molar-refractivity contribution < 1.29 is 4.74 Å². The molecular formula is C16H25BrN2O. The molecule has 1 aromatic rings. The normalized spacial score (nSPS) is 23.8. The maximum atomic E-state index is 6.04. The standard InChI is InChI=1S/C16H25BrN2O/c1-3-8-19-9-4-5-12(11-18)16(19)14-10-13(17)6-7-15(14)20-2/h6-7,10,12,16H,3-5,8-9,11,18H2,1-2H3. The van der Waals surface area contributed by atoms with Crippen molar-refractivity contribution >= 4 is 15.9 Å². The molecule has 1 aliphatic rings. The van der Waals surface area contributed by atoms with Crippen molar-refractivity contribution in [3.8, 4) is 5.75 Å². The molecule has 2 atom stereocenters. The zero-order valence-corrected chi connectivity index (χ0v) is 14.0. The Morgan fingerprint density at radius 1 is 1.45 bits per heavy atom. The maximum absolute atomic E-state index is 6.04. The summed E-state index contributed by atoms with van der Waals surface area (Å²) in [6.07, 6.45) is 3.62. The Balaban J connectivity index is 2.39. The molecule has 0 saturated carbocycles. The Hall–Kier alpha value is -0.580. The second kappa shape index (κ2) is 7.43. The molecule has 20 heavy (non-hydrogen) atoms. The Bertz CT molecular complexity index is 436. The highest BCUT2D eigenvalue weighted by molar-refractivity contribution is 9.10. The highest BCUT2D eigenvalue weighted by Gasteiger charge is 2.33. The van der Waals surface area contributed by atoms with Crippen molar-refractivity contribution in [1.82, 2.24) is 4.90 Å². The van der Waals surface area contributed by atoms with Crippen molar-refractivity contribution in [3.63, 3.8) is 0 Å². The number of ether oxygens (including phenoxy) is 1. The Labute approximate surface area is 130 Å². The number of nitrogens with zero attached hydrogens (tertiary/aromatic N) is 1. The number of hydrogen-bond donors (Lipinski definition) is 1. The van der Waals surface area contributed by atoms with E-state index in [0.29, 0.717) is 12.0 Å². The Kier molecular flexibility index (Phi) is 5.87. The molecule has 1 saturated heterocycles. The predicted octanol–water partition coefficient (Wildman–Crippen LogP) is 3.58. The Morgan fingerprint density at radius 3 is 2.90 bits per heavy atom. The van der Waals surface area contributed by atoms with Gasteiger partial charge in [-0.1, -0.05) is 22.9 Å². The van der Waals surface area contributed by atoms with Crippen LogP contribution in [0.1, 0.15) is 37.8 Å². The van der Waals surface area contributed by atoms with E-state index < -0.39 is 0 Å². The minimum atomic E-state index is 0.376. The van der Waals surface area contributed by atoms with Crippen LogP contribution in [0, 0.1) is 5.92 Å². The van der Waals surface area contributed by atoms with E-state index in [-0.39, 0.29) is 0 Å². The molecule has 0 aromatic heterocycles. The summed E-state index contributed by atoms with van der Waals surface area (Å²) >= 11 is 3.59. The lowest BCUT2D eigenvalue weighted by molar-refractivity contribution is 0.0939. The van der Waals surface area contributed by atoms with Crippen molar-refractivity contribution in [2.24, 2.45) is 11.7 Å². The van der Waals surface area contributed by atoms with Gasteiger partial charge in [-0.25, -0.2) is 0 Å². The smallest absolute Gasteiger partial charge is 0.123 e. The summed E-state index contributed by atoms with van der Waals surface area (Å²) in [7, 11) is 1.75. The average molecular weight is 341 g/mol. The number of hydrogen-bond acceptors (Lipinski definition) is 3. The summed E-state index contributed by atoms with van der Waals surface area (Å²) in [6.45, 7) is 5.25. The van der Waals surface area contributed by atoms with E-state index in [1.54, 1.807) is 7.11 Å². The van der Waals surface area contributed by atoms with Crippen molar-refractivity contribution in [2.75, 3.05) is 26.7 Å². The van der Waals surface area contributed by atoms with Gasteiger partial charge >= 0.3 is 0 Å². The number of likely N-dealkylation sites (tertiary alicyclic amines) is 1. The molecule has 2 rings (SSSR count). The highest BCUT2D eigenvalue weighted by Crippen LogP contribution is 2.40. The molecule has 3 nitrogen and oxygen atoms in total. The molecule has 1 aliphatic heterocycles. The molecule has 2 N–H and O–H groups in total. The van der Waals surface area contributed by atoms with Gasteiger partial charge in [0.15, 0.2) is 0 Å². The zero-order chi connectivity index (χ0) is 14.5. The van der Waals surface area contributed by atoms with Gasteiger partial charge in [0.05, 0.1) is 7.11 Å². The van der Waals surface area contributed by atoms with Crippen LogP contribution in [0.2, 0.25) is 0 Å². The molecule has 0 radical (unpaired) electrons. The second-order valence-corrected chi connectivity index (χ2v) is 6.42. The van der Waals surface area contributed by atoms with Crippen molar-refractivity contribution in [2.45, 2.75) is 32.2 Å². The first-order valence-electron chi connectivity index (χ1n) is 7.48. The summed E-state index contributed by atoms with van der Waals surface area (Å²) in [5.41, 5.74) is 7.31. The fourth-order valence-electron chi connectivity index (χ4n) is 3.32. The van der Waals surface area contributed by atoms with Crippen LogP contribution in [-0.2, 0) is 0 Å². The number of halogens is 1. The van der Waals surface area contributed by atoms with Gasteiger partial charge in [0, 0.05) is 16.1 Å². The molecule has 0 amide bonds. The SMILES string of the molecule is CCCN1CCCC(CN)C1c1cc(Br)ccc1OC. The minimum absolute atomic E-state index is 0.376. The van der Waals surface area contributed by atoms with Gasteiger partial charge in [0.2, 0.25) is 0 Å². The first kappa shape index (κ1) is 15.8. The molecule has 112 valence electrons. The monoisotopic (exact) mass is 340 g/mol. The van der Waals surface area contributed by atoms with Crippen LogP contribution < -0.4 is 10.5 Å². The summed E-state index contributed by atoms with van der Waals surface area (Å²) < 4.78 is 6.69. The van der Waals surface area contributed by atoms with Gasteiger partial charge in [-0.05, 0) is 63.0 Å². The van der Waals surface area contributed by atoms with Crippen molar-refractivity contribution in [1.29, 1.82) is 0 Å². The lowest BCUT2D eigenvalue weighted by Gasteiger charge is -2.41. The molecule has 1 fully saturated rings. The fraction of sp³-hybridized carbons (Fsp3) is 0.625. The molecular weight excluding hydrogens is 316 g/mol. The Morgan fingerprint density at radius 2 is 2.25 bits per heavy atom. The number of rotatable bonds is 5. The summed E-state index contributed by atoms with van der Waals surface area (Å²) in [5, 5.41) is 0. The van der Waals surface area contributed by atoms with E-state index in [1.165, 1.54) is 24.8 Å². The van der Waals surface area contributed by atoms with Crippen LogP contribution in [-0.4, -0.2) is 31.6 Å².